The maximum absolute atomic E-state index is 12.6. The summed E-state index contributed by atoms with van der Waals surface area (Å²) < 4.78 is 1.85. The summed E-state index contributed by atoms with van der Waals surface area (Å²) in [6.45, 7) is 1.18. The van der Waals surface area contributed by atoms with Gasteiger partial charge in [-0.3, -0.25) is 4.79 Å². The summed E-state index contributed by atoms with van der Waals surface area (Å²) in [5.41, 5.74) is 0. The van der Waals surface area contributed by atoms with Gasteiger partial charge >= 0.3 is 0 Å². The van der Waals surface area contributed by atoms with Crippen molar-refractivity contribution in [2.24, 2.45) is 13.0 Å². The molecule has 2 fully saturated rings. The number of aromatic nitrogens is 3. The number of hydrogen-bond acceptors (Lipinski definition) is 5. The summed E-state index contributed by atoms with van der Waals surface area (Å²) in [6, 6.07) is 0. The Morgan fingerprint density at radius 1 is 1.17 bits per heavy atom. The Balaban J connectivity index is 1.56. The first-order chi connectivity index (χ1) is 11.6. The summed E-state index contributed by atoms with van der Waals surface area (Å²) in [5.74, 6) is 1.72. The number of likely N-dealkylation sites (tertiary alicyclic amines) is 1. The molecule has 1 aliphatic heterocycles. The van der Waals surface area contributed by atoms with Crippen molar-refractivity contribution in [2.75, 3.05) is 13.1 Å². The molecule has 1 aromatic heterocycles. The van der Waals surface area contributed by atoms with E-state index >= 15 is 0 Å². The summed E-state index contributed by atoms with van der Waals surface area (Å²) in [6.07, 6.45) is 6.20. The van der Waals surface area contributed by atoms with Crippen molar-refractivity contribution in [3.63, 3.8) is 0 Å². The first-order valence-electron chi connectivity index (χ1n) is 9.07. The molecule has 7 heteroatoms. The van der Waals surface area contributed by atoms with E-state index in [2.05, 4.69) is 10.2 Å². The molecular weight excluding hydrogens is 308 g/mol. The fraction of sp³-hybridized carbons (Fsp3) is 0.824. The van der Waals surface area contributed by atoms with Crippen molar-refractivity contribution in [1.82, 2.24) is 19.7 Å². The predicted octanol–water partition coefficient (Wildman–Crippen LogP) is 0.955. The zero-order valence-corrected chi connectivity index (χ0v) is 14.4. The average Bonchev–Trinajstić information content (AvgIpc) is 3.02. The molecule has 0 spiro atoms. The van der Waals surface area contributed by atoms with Crippen LogP contribution in [-0.2, 0) is 18.4 Å². The molecule has 0 aromatic carbocycles. The minimum Gasteiger partial charge on any atom is -0.388 e. The quantitative estimate of drug-likeness (QED) is 0.854. The Morgan fingerprint density at radius 2 is 1.83 bits per heavy atom. The van der Waals surface area contributed by atoms with E-state index in [1.165, 1.54) is 6.42 Å². The highest BCUT2D eigenvalue weighted by atomic mass is 16.3. The van der Waals surface area contributed by atoms with Gasteiger partial charge < -0.3 is 19.7 Å². The van der Waals surface area contributed by atoms with E-state index < -0.39 is 6.10 Å². The molecule has 0 bridgehead atoms. The van der Waals surface area contributed by atoms with Crippen LogP contribution in [0.15, 0.2) is 0 Å². The van der Waals surface area contributed by atoms with Crippen LogP contribution in [0.3, 0.4) is 0 Å². The van der Waals surface area contributed by atoms with Gasteiger partial charge in [0, 0.05) is 26.1 Å². The lowest BCUT2D eigenvalue weighted by atomic mass is 9.84. The van der Waals surface area contributed by atoms with E-state index in [1.54, 1.807) is 4.90 Å². The molecule has 2 aliphatic rings. The molecule has 7 nitrogen and oxygen atoms in total. The van der Waals surface area contributed by atoms with Crippen molar-refractivity contribution in [1.29, 1.82) is 0 Å². The average molecular weight is 336 g/mol. The molecule has 0 radical (unpaired) electrons. The fourth-order valence-electron chi connectivity index (χ4n) is 4.07. The van der Waals surface area contributed by atoms with Crippen molar-refractivity contribution in [3.8, 4) is 0 Å². The second kappa shape index (κ2) is 7.61. The van der Waals surface area contributed by atoms with Gasteiger partial charge in [0.15, 0.2) is 5.82 Å². The number of piperidine rings is 1. The Morgan fingerprint density at radius 3 is 2.42 bits per heavy atom. The molecule has 1 aliphatic carbocycles. The van der Waals surface area contributed by atoms with Crippen LogP contribution in [0.4, 0.5) is 0 Å². The van der Waals surface area contributed by atoms with Gasteiger partial charge in [-0.25, -0.2) is 0 Å². The number of carbonyl (C=O) groups is 1. The highest BCUT2D eigenvalue weighted by molar-refractivity contribution is 5.81. The van der Waals surface area contributed by atoms with Crippen molar-refractivity contribution >= 4 is 5.91 Å². The van der Waals surface area contributed by atoms with E-state index in [0.29, 0.717) is 18.9 Å². The summed E-state index contributed by atoms with van der Waals surface area (Å²) >= 11 is 0. The van der Waals surface area contributed by atoms with Gasteiger partial charge in [-0.2, -0.15) is 0 Å². The minimum absolute atomic E-state index is 0.102. The lowest BCUT2D eigenvalue weighted by Gasteiger charge is -2.35. The van der Waals surface area contributed by atoms with Crippen LogP contribution < -0.4 is 0 Å². The highest BCUT2D eigenvalue weighted by Crippen LogP contribution is 2.30. The number of aliphatic hydroxyl groups is 2. The number of carbonyl (C=O) groups excluding carboxylic acids is 1. The standard InChI is InChI=1S/C17H28N4O3/c1-20-14(11-22)18-19-16(20)13-7-9-21(10-8-13)17(24)15(23)12-5-3-2-4-6-12/h12-13,15,22-23H,2-11H2,1H3/t15-/m1/s1. The third-order valence-electron chi connectivity index (χ3n) is 5.66. The Bertz CT molecular complexity index is 560. The number of hydrogen-bond donors (Lipinski definition) is 2. The summed E-state index contributed by atoms with van der Waals surface area (Å²) in [7, 11) is 1.87. The van der Waals surface area contributed by atoms with Crippen LogP contribution in [0.5, 0.6) is 0 Å². The maximum atomic E-state index is 12.6. The van der Waals surface area contributed by atoms with Gasteiger partial charge in [-0.15, -0.1) is 10.2 Å². The van der Waals surface area contributed by atoms with E-state index in [1.807, 2.05) is 11.6 Å². The topological polar surface area (TPSA) is 91.5 Å². The zero-order chi connectivity index (χ0) is 17.1. The van der Waals surface area contributed by atoms with Gasteiger partial charge in [-0.05, 0) is 31.6 Å². The second-order valence-corrected chi connectivity index (χ2v) is 7.13. The number of amides is 1. The lowest BCUT2D eigenvalue weighted by Crippen LogP contribution is -2.46. The monoisotopic (exact) mass is 336 g/mol. The Hall–Kier alpha value is -1.47. The Kier molecular flexibility index (Phi) is 5.50. The van der Waals surface area contributed by atoms with Gasteiger partial charge in [0.25, 0.3) is 5.91 Å². The molecule has 1 saturated heterocycles. The van der Waals surface area contributed by atoms with Crippen molar-refractivity contribution in [3.05, 3.63) is 11.6 Å². The van der Waals surface area contributed by atoms with Crippen LogP contribution in [-0.4, -0.2) is 55.0 Å². The van der Waals surface area contributed by atoms with E-state index in [-0.39, 0.29) is 24.3 Å². The maximum Gasteiger partial charge on any atom is 0.251 e. The first kappa shape index (κ1) is 17.4. The molecule has 1 amide bonds. The number of aliphatic hydroxyl groups excluding tert-OH is 2. The van der Waals surface area contributed by atoms with Crippen LogP contribution in [0.25, 0.3) is 0 Å². The zero-order valence-electron chi connectivity index (χ0n) is 14.4. The number of nitrogens with zero attached hydrogens (tertiary/aromatic N) is 4. The van der Waals surface area contributed by atoms with Crippen molar-refractivity contribution in [2.45, 2.75) is 63.6 Å². The molecule has 24 heavy (non-hydrogen) atoms. The second-order valence-electron chi connectivity index (χ2n) is 7.13. The van der Waals surface area contributed by atoms with Crippen LogP contribution >= 0.6 is 0 Å². The van der Waals surface area contributed by atoms with Crippen molar-refractivity contribution < 1.29 is 15.0 Å². The molecule has 2 N–H and O–H groups in total. The molecular formula is C17H28N4O3. The normalized spacial score (nSPS) is 21.9. The van der Waals surface area contributed by atoms with E-state index in [4.69, 9.17) is 0 Å². The molecule has 0 unspecified atom stereocenters. The Labute approximate surface area is 142 Å². The molecule has 1 atom stereocenters. The third kappa shape index (κ3) is 3.47. The van der Waals surface area contributed by atoms with Gasteiger partial charge in [0.2, 0.25) is 0 Å². The molecule has 2 heterocycles. The molecule has 1 saturated carbocycles. The van der Waals surface area contributed by atoms with Crippen LogP contribution in [0.2, 0.25) is 0 Å². The van der Waals surface area contributed by atoms with Gasteiger partial charge in [-0.1, -0.05) is 19.3 Å². The lowest BCUT2D eigenvalue weighted by molar-refractivity contribution is -0.144. The van der Waals surface area contributed by atoms with Crippen LogP contribution in [0, 0.1) is 5.92 Å². The SMILES string of the molecule is Cn1c(CO)nnc1C1CCN(C(=O)[C@H](O)C2CCCCC2)CC1. The molecule has 134 valence electrons. The molecule has 3 rings (SSSR count). The third-order valence-corrected chi connectivity index (χ3v) is 5.66. The van der Waals surface area contributed by atoms with E-state index in [0.717, 1.165) is 44.3 Å². The summed E-state index contributed by atoms with van der Waals surface area (Å²) in [4.78, 5) is 14.4. The minimum atomic E-state index is -0.835. The molecule has 1 aromatic rings. The largest absolute Gasteiger partial charge is 0.388 e. The summed E-state index contributed by atoms with van der Waals surface area (Å²) in [5, 5.41) is 27.8. The van der Waals surface area contributed by atoms with E-state index in [9.17, 15) is 15.0 Å². The highest BCUT2D eigenvalue weighted by Gasteiger charge is 2.33. The fourth-order valence-corrected chi connectivity index (χ4v) is 4.07. The van der Waals surface area contributed by atoms with Crippen LogP contribution in [0.1, 0.15) is 62.5 Å². The number of rotatable bonds is 4. The van der Waals surface area contributed by atoms with Gasteiger partial charge in [0.1, 0.15) is 18.5 Å². The predicted molar refractivity (Wildman–Crippen MR) is 88.1 cm³/mol. The smallest absolute Gasteiger partial charge is 0.251 e. The first-order valence-corrected chi connectivity index (χ1v) is 9.07. The van der Waals surface area contributed by atoms with Gasteiger partial charge in [0.05, 0.1) is 0 Å².